The number of anilines is 1. The number of carbonyl (C=O) groups excluding carboxylic acids is 6. The fraction of sp³-hybridized carbons (Fsp3) is 0.500. The standard InChI is InChI=1S/C58H77N5O8/c1-36(2)46(34-45(64)26-17-19-28-50(66)63-35-43-24-15-14-22-41(43)29-30-42-23-16-18-27-47(42)63)53(67)60-39(6)49(65)33-40-21-20-25-44(32-40)58(10,11)51(59-12)54(68)61-52(57(7,8)9)55(69)62(13)48(37(3)4)31-38(5)56(70)71/h14-16,18,20-25,27,31-32,36-37,39,46,48,51-52,59H,17,19,26,28,33-35H2,1-13H3,(H,60,67)(H,61,68)(H,70,71)/b38-31+/t39-,46-,48+,51-,52+/m0/s1. The van der Waals surface area contributed by atoms with Gasteiger partial charge in [-0.15, -0.1) is 0 Å². The van der Waals surface area contributed by atoms with Crippen LogP contribution in [0.1, 0.15) is 136 Å². The van der Waals surface area contributed by atoms with E-state index in [-0.39, 0.29) is 72.4 Å². The Hall–Kier alpha value is -6.39. The molecule has 0 bridgehead atoms. The van der Waals surface area contributed by atoms with Crippen molar-refractivity contribution in [2.75, 3.05) is 19.0 Å². The van der Waals surface area contributed by atoms with E-state index in [0.717, 1.165) is 27.9 Å². The number of para-hydroxylation sites is 1. The highest BCUT2D eigenvalue weighted by Crippen LogP contribution is 2.31. The van der Waals surface area contributed by atoms with Crippen molar-refractivity contribution >= 4 is 46.9 Å². The molecule has 0 aromatic heterocycles. The van der Waals surface area contributed by atoms with Gasteiger partial charge in [-0.1, -0.05) is 135 Å². The van der Waals surface area contributed by atoms with Crippen LogP contribution in [0.4, 0.5) is 5.69 Å². The van der Waals surface area contributed by atoms with Gasteiger partial charge in [-0.2, -0.15) is 0 Å². The predicted octanol–water partition coefficient (Wildman–Crippen LogP) is 7.95. The Balaban J connectivity index is 1.35. The molecule has 0 radical (unpaired) electrons. The van der Waals surface area contributed by atoms with Crippen molar-refractivity contribution < 1.29 is 38.7 Å². The fourth-order valence-electron chi connectivity index (χ4n) is 9.05. The largest absolute Gasteiger partial charge is 0.478 e. The van der Waals surface area contributed by atoms with Gasteiger partial charge in [0.1, 0.15) is 11.8 Å². The smallest absolute Gasteiger partial charge is 0.331 e. The van der Waals surface area contributed by atoms with Crippen molar-refractivity contribution in [3.05, 3.63) is 112 Å². The zero-order chi connectivity index (χ0) is 53.0. The van der Waals surface area contributed by atoms with Gasteiger partial charge in [-0.3, -0.25) is 28.8 Å². The third-order valence-electron chi connectivity index (χ3n) is 13.7. The molecule has 0 spiro atoms. The third kappa shape index (κ3) is 15.3. The Labute approximate surface area is 422 Å². The molecular formula is C58H77N5O8. The number of amides is 4. The predicted molar refractivity (Wildman–Crippen MR) is 279 cm³/mol. The summed E-state index contributed by atoms with van der Waals surface area (Å²) in [6.45, 7) is 20.5. The molecule has 0 aliphatic carbocycles. The van der Waals surface area contributed by atoms with Crippen LogP contribution in [0.2, 0.25) is 0 Å². The van der Waals surface area contributed by atoms with Crippen molar-refractivity contribution in [2.45, 2.75) is 151 Å². The van der Waals surface area contributed by atoms with Crippen LogP contribution in [0.25, 0.3) is 0 Å². The lowest BCUT2D eigenvalue weighted by molar-refractivity contribution is -0.141. The number of nitrogens with zero attached hydrogens (tertiary/aromatic N) is 2. The number of nitrogens with one attached hydrogen (secondary N) is 3. The maximum Gasteiger partial charge on any atom is 0.331 e. The fourth-order valence-corrected chi connectivity index (χ4v) is 9.05. The molecule has 0 unspecified atom stereocenters. The van der Waals surface area contributed by atoms with Gasteiger partial charge in [-0.25, -0.2) is 4.79 Å². The van der Waals surface area contributed by atoms with Crippen molar-refractivity contribution in [3.8, 4) is 11.8 Å². The van der Waals surface area contributed by atoms with Crippen molar-refractivity contribution in [1.82, 2.24) is 20.9 Å². The van der Waals surface area contributed by atoms with Crippen LogP contribution in [0, 0.1) is 35.0 Å². The average molecular weight is 972 g/mol. The van der Waals surface area contributed by atoms with E-state index < -0.39 is 52.8 Å². The number of ketones is 2. The van der Waals surface area contributed by atoms with Crippen LogP contribution in [0.5, 0.6) is 0 Å². The SMILES string of the molecule is CN[C@@H](C(=O)N[C@H](C(=O)N(C)[C@H](/C=C(\C)C(=O)O)C(C)C)C(C)(C)C)C(C)(C)c1cccc(CC(=O)[C@H](C)NC(=O)[C@@H](CC(=O)CCCCC(=O)N2Cc3ccccc3C#Cc3ccccc32)C(C)C)c1. The molecule has 1 heterocycles. The first kappa shape index (κ1) is 57.2. The molecule has 4 amide bonds. The summed E-state index contributed by atoms with van der Waals surface area (Å²) in [6.07, 6.45) is 3.08. The molecule has 5 atom stereocenters. The molecule has 0 fully saturated rings. The summed E-state index contributed by atoms with van der Waals surface area (Å²) in [5.41, 5.74) is 3.43. The van der Waals surface area contributed by atoms with E-state index in [0.29, 0.717) is 24.9 Å². The number of hydrogen-bond acceptors (Lipinski definition) is 8. The number of hydrogen-bond donors (Lipinski definition) is 4. The normalized spacial score (nSPS) is 14.8. The number of aliphatic carboxylic acids is 1. The minimum absolute atomic E-state index is 0.00839. The number of carbonyl (C=O) groups is 7. The molecule has 0 saturated carbocycles. The van der Waals surface area contributed by atoms with Crippen LogP contribution < -0.4 is 20.9 Å². The van der Waals surface area contributed by atoms with Crippen molar-refractivity contribution in [1.29, 1.82) is 0 Å². The first-order valence-corrected chi connectivity index (χ1v) is 24.9. The Morgan fingerprint density at radius 1 is 0.775 bits per heavy atom. The van der Waals surface area contributed by atoms with Gasteiger partial charge in [0.15, 0.2) is 5.78 Å². The highest BCUT2D eigenvalue weighted by atomic mass is 16.4. The van der Waals surface area contributed by atoms with E-state index >= 15 is 0 Å². The number of likely N-dealkylation sites (N-methyl/N-ethyl adjacent to an activating group) is 2. The summed E-state index contributed by atoms with van der Waals surface area (Å²) >= 11 is 0. The van der Waals surface area contributed by atoms with E-state index in [2.05, 4.69) is 27.8 Å². The molecule has 0 saturated heterocycles. The van der Waals surface area contributed by atoms with E-state index in [1.807, 2.05) is 135 Å². The van der Waals surface area contributed by atoms with E-state index in [1.54, 1.807) is 32.0 Å². The van der Waals surface area contributed by atoms with Gasteiger partial charge >= 0.3 is 5.97 Å². The minimum atomic E-state index is -1.07. The van der Waals surface area contributed by atoms with Crippen LogP contribution in [0.15, 0.2) is 84.4 Å². The lowest BCUT2D eigenvalue weighted by Crippen LogP contribution is -2.61. The monoisotopic (exact) mass is 972 g/mol. The van der Waals surface area contributed by atoms with E-state index in [9.17, 15) is 38.7 Å². The Morgan fingerprint density at radius 3 is 2.01 bits per heavy atom. The van der Waals surface area contributed by atoms with Crippen molar-refractivity contribution in [2.24, 2.45) is 23.2 Å². The second-order valence-electron chi connectivity index (χ2n) is 21.4. The third-order valence-corrected chi connectivity index (χ3v) is 13.7. The average Bonchev–Trinajstić information content (AvgIpc) is 3.30. The van der Waals surface area contributed by atoms with Crippen molar-refractivity contribution in [3.63, 3.8) is 0 Å². The first-order valence-electron chi connectivity index (χ1n) is 24.9. The summed E-state index contributed by atoms with van der Waals surface area (Å²) in [6, 6.07) is 19.7. The lowest BCUT2D eigenvalue weighted by atomic mass is 9.76. The number of fused-ring (bicyclic) bond motifs is 2. The highest BCUT2D eigenvalue weighted by Gasteiger charge is 2.42. The van der Waals surface area contributed by atoms with Gasteiger partial charge in [0, 0.05) is 60.8 Å². The van der Waals surface area contributed by atoms with Crippen LogP contribution in [-0.4, -0.2) is 89.4 Å². The lowest BCUT2D eigenvalue weighted by Gasteiger charge is -2.40. The minimum Gasteiger partial charge on any atom is -0.478 e. The summed E-state index contributed by atoms with van der Waals surface area (Å²) in [4.78, 5) is 97.6. The van der Waals surface area contributed by atoms with Gasteiger partial charge in [0.25, 0.3) is 0 Å². The quantitative estimate of drug-likeness (QED) is 0.0417. The maximum atomic E-state index is 14.2. The second-order valence-corrected chi connectivity index (χ2v) is 21.4. The molecule has 1 aliphatic heterocycles. The molecule has 382 valence electrons. The molecule has 4 N–H and O–H groups in total. The second kappa shape index (κ2) is 25.1. The van der Waals surface area contributed by atoms with Crippen LogP contribution >= 0.6 is 0 Å². The Morgan fingerprint density at radius 2 is 1.39 bits per heavy atom. The molecule has 1 aliphatic rings. The zero-order valence-corrected chi connectivity index (χ0v) is 44.2. The molecule has 3 aromatic carbocycles. The number of benzene rings is 3. The Bertz CT molecular complexity index is 2520. The first-order chi connectivity index (χ1) is 33.3. The van der Waals surface area contributed by atoms with Gasteiger partial charge in [-0.05, 0) is 85.9 Å². The summed E-state index contributed by atoms with van der Waals surface area (Å²) in [5, 5.41) is 18.6. The van der Waals surface area contributed by atoms with E-state index in [4.69, 9.17) is 0 Å². The Kier molecular flexibility index (Phi) is 20.2. The molecule has 13 heteroatoms. The van der Waals surface area contributed by atoms with Gasteiger partial charge in [0.05, 0.1) is 30.4 Å². The van der Waals surface area contributed by atoms with Gasteiger partial charge < -0.3 is 30.9 Å². The number of Topliss-reactive ketones (excluding diaryl/α,β-unsaturated/α-hetero) is 2. The zero-order valence-electron chi connectivity index (χ0n) is 44.2. The summed E-state index contributed by atoms with van der Waals surface area (Å²) in [7, 11) is 3.29. The maximum absolute atomic E-state index is 14.2. The summed E-state index contributed by atoms with van der Waals surface area (Å²) in [5.74, 6) is 2.98. The number of carboxylic acids is 1. The molecule has 71 heavy (non-hydrogen) atoms. The number of carboxylic acid groups (broad SMARTS) is 1. The topological polar surface area (TPSA) is 182 Å². The van der Waals surface area contributed by atoms with Crippen LogP contribution in [0.3, 0.4) is 0 Å². The van der Waals surface area contributed by atoms with E-state index in [1.165, 1.54) is 11.8 Å². The molecular weight excluding hydrogens is 895 g/mol. The summed E-state index contributed by atoms with van der Waals surface area (Å²) < 4.78 is 0. The number of unbranched alkanes of at least 4 members (excludes halogenated alkanes) is 1. The molecule has 3 aromatic rings. The van der Waals surface area contributed by atoms with Crippen LogP contribution in [-0.2, 0) is 51.9 Å². The van der Waals surface area contributed by atoms with Gasteiger partial charge in [0.2, 0.25) is 23.6 Å². The highest BCUT2D eigenvalue weighted by molar-refractivity contribution is 5.96. The molecule has 4 rings (SSSR count). The number of rotatable bonds is 23. The molecule has 13 nitrogen and oxygen atoms in total.